The number of hydrogen-bond donors (Lipinski definition) is 0. The van der Waals surface area contributed by atoms with Gasteiger partial charge in [0.15, 0.2) is 0 Å². The van der Waals surface area contributed by atoms with Crippen molar-refractivity contribution in [2.45, 2.75) is 52.6 Å². The maximum atomic E-state index is 11.7. The molecule has 1 atom stereocenters. The van der Waals surface area contributed by atoms with Crippen molar-refractivity contribution < 1.29 is 23.8 Å². The van der Waals surface area contributed by atoms with Gasteiger partial charge in [0, 0.05) is 6.42 Å². The van der Waals surface area contributed by atoms with Crippen LogP contribution >= 0.6 is 0 Å². The maximum absolute atomic E-state index is 11.7. The van der Waals surface area contributed by atoms with E-state index in [1.165, 1.54) is 7.11 Å². The van der Waals surface area contributed by atoms with Crippen LogP contribution < -0.4 is 0 Å². The van der Waals surface area contributed by atoms with Crippen molar-refractivity contribution in [1.29, 1.82) is 0 Å². The minimum Gasteiger partial charge on any atom is -0.466 e. The van der Waals surface area contributed by atoms with Crippen molar-refractivity contribution in [3.8, 4) is 0 Å². The van der Waals surface area contributed by atoms with Crippen molar-refractivity contribution in [2.24, 2.45) is 5.92 Å². The summed E-state index contributed by atoms with van der Waals surface area (Å²) in [6, 6.07) is 0. The van der Waals surface area contributed by atoms with Gasteiger partial charge in [0.2, 0.25) is 0 Å². The molecule has 0 N–H and O–H groups in total. The molecule has 5 nitrogen and oxygen atoms in total. The fourth-order valence-electron chi connectivity index (χ4n) is 1.90. The van der Waals surface area contributed by atoms with E-state index in [-0.39, 0.29) is 0 Å². The lowest BCUT2D eigenvalue weighted by Gasteiger charge is -2.24. The number of carbonyl (C=O) groups is 2. The Bertz CT molecular complexity index is 389. The highest BCUT2D eigenvalue weighted by atomic mass is 16.7. The molecule has 0 heterocycles. The van der Waals surface area contributed by atoms with Crippen LogP contribution in [0.2, 0.25) is 0 Å². The Morgan fingerprint density at radius 2 is 1.89 bits per heavy atom. The number of hydrogen-bond acceptors (Lipinski definition) is 5. The lowest BCUT2D eigenvalue weighted by atomic mass is 9.89. The summed E-state index contributed by atoms with van der Waals surface area (Å²) in [7, 11) is 1.32. The lowest BCUT2D eigenvalue weighted by molar-refractivity contribution is -0.136. The molecule has 5 heteroatoms. The van der Waals surface area contributed by atoms with Crippen LogP contribution in [0.25, 0.3) is 0 Å². The van der Waals surface area contributed by atoms with Gasteiger partial charge in [0.1, 0.15) is 11.4 Å². The Morgan fingerprint density at radius 1 is 1.26 bits per heavy atom. The van der Waals surface area contributed by atoms with Crippen molar-refractivity contribution in [3.05, 3.63) is 11.3 Å². The molecule has 1 aliphatic carbocycles. The summed E-state index contributed by atoms with van der Waals surface area (Å²) in [5.74, 6) is 0.310. The quantitative estimate of drug-likeness (QED) is 0.721. The van der Waals surface area contributed by atoms with E-state index in [0.29, 0.717) is 30.1 Å². The second kappa shape index (κ2) is 6.08. The molecule has 0 amide bonds. The molecule has 0 spiro atoms. The predicted octanol–water partition coefficient (Wildman–Crippen LogP) is 3.19. The Hall–Kier alpha value is -1.52. The molecule has 0 saturated heterocycles. The second-order valence-electron chi connectivity index (χ2n) is 5.81. The summed E-state index contributed by atoms with van der Waals surface area (Å²) in [6.45, 7) is 7.32. The normalized spacial score (nSPS) is 19.9. The second-order valence-corrected chi connectivity index (χ2v) is 5.81. The Balaban J connectivity index is 2.82. The SMILES string of the molecule is COC(=O)C1=C(OC(=O)OC(C)(C)C)CCC(C)C1. The molecule has 0 aromatic carbocycles. The van der Waals surface area contributed by atoms with Gasteiger partial charge < -0.3 is 14.2 Å². The smallest absolute Gasteiger partial charge is 0.466 e. The minimum absolute atomic E-state index is 0.374. The van der Waals surface area contributed by atoms with Gasteiger partial charge in [-0.3, -0.25) is 0 Å². The fourth-order valence-corrected chi connectivity index (χ4v) is 1.90. The number of allylic oxidation sites excluding steroid dienone is 1. The highest BCUT2D eigenvalue weighted by molar-refractivity contribution is 5.89. The van der Waals surface area contributed by atoms with Crippen LogP contribution in [0.5, 0.6) is 0 Å². The predicted molar refractivity (Wildman–Crippen MR) is 69.4 cm³/mol. The van der Waals surface area contributed by atoms with E-state index in [9.17, 15) is 9.59 Å². The lowest BCUT2D eigenvalue weighted by Crippen LogP contribution is -2.26. The van der Waals surface area contributed by atoms with Gasteiger partial charge in [-0.1, -0.05) is 6.92 Å². The van der Waals surface area contributed by atoms with E-state index in [0.717, 1.165) is 6.42 Å². The van der Waals surface area contributed by atoms with E-state index >= 15 is 0 Å². The van der Waals surface area contributed by atoms with Crippen molar-refractivity contribution in [1.82, 2.24) is 0 Å². The number of rotatable bonds is 2. The molecule has 0 radical (unpaired) electrons. The summed E-state index contributed by atoms with van der Waals surface area (Å²) in [4.78, 5) is 23.3. The zero-order valence-corrected chi connectivity index (χ0v) is 12.2. The zero-order chi connectivity index (χ0) is 14.6. The molecule has 1 rings (SSSR count). The number of methoxy groups -OCH3 is 1. The molecule has 1 aliphatic rings. The standard InChI is InChI=1S/C14H22O5/c1-9-6-7-11(10(8-9)12(15)17-5)18-13(16)19-14(2,3)4/h9H,6-8H2,1-5H3. The first-order valence-corrected chi connectivity index (χ1v) is 6.44. The first-order chi connectivity index (χ1) is 8.73. The van der Waals surface area contributed by atoms with E-state index in [2.05, 4.69) is 0 Å². The largest absolute Gasteiger partial charge is 0.514 e. The molecule has 0 bridgehead atoms. The zero-order valence-electron chi connectivity index (χ0n) is 12.2. The van der Waals surface area contributed by atoms with E-state index in [1.807, 2.05) is 6.92 Å². The monoisotopic (exact) mass is 270 g/mol. The van der Waals surface area contributed by atoms with E-state index < -0.39 is 17.7 Å². The van der Waals surface area contributed by atoms with E-state index in [1.54, 1.807) is 20.8 Å². The molecule has 0 aliphatic heterocycles. The van der Waals surface area contributed by atoms with Crippen LogP contribution in [0.4, 0.5) is 4.79 Å². The number of esters is 1. The third-order valence-corrected chi connectivity index (χ3v) is 2.78. The highest BCUT2D eigenvalue weighted by Crippen LogP contribution is 2.31. The van der Waals surface area contributed by atoms with Gasteiger partial charge >= 0.3 is 12.1 Å². The van der Waals surface area contributed by atoms with E-state index in [4.69, 9.17) is 14.2 Å². The number of ether oxygens (including phenoxy) is 3. The topological polar surface area (TPSA) is 61.8 Å². The molecular formula is C14H22O5. The Labute approximate surface area is 113 Å². The van der Waals surface area contributed by atoms with Gasteiger partial charge in [0.05, 0.1) is 12.7 Å². The van der Waals surface area contributed by atoms with Crippen molar-refractivity contribution in [3.63, 3.8) is 0 Å². The molecule has 0 aromatic heterocycles. The van der Waals surface area contributed by atoms with Crippen LogP contribution in [-0.4, -0.2) is 24.8 Å². The molecule has 0 fully saturated rings. The first-order valence-electron chi connectivity index (χ1n) is 6.44. The molecule has 108 valence electrons. The Kier molecular flexibility index (Phi) is 4.97. The van der Waals surface area contributed by atoms with Gasteiger partial charge in [-0.05, 0) is 39.5 Å². The number of carbonyl (C=O) groups excluding carboxylic acids is 2. The fraction of sp³-hybridized carbons (Fsp3) is 0.714. The van der Waals surface area contributed by atoms with Crippen LogP contribution in [0.15, 0.2) is 11.3 Å². The highest BCUT2D eigenvalue weighted by Gasteiger charge is 2.28. The van der Waals surface area contributed by atoms with Crippen molar-refractivity contribution >= 4 is 12.1 Å². The summed E-state index contributed by atoms with van der Waals surface area (Å²) in [5.41, 5.74) is -0.183. The molecule has 0 saturated carbocycles. The van der Waals surface area contributed by atoms with Crippen molar-refractivity contribution in [2.75, 3.05) is 7.11 Å². The van der Waals surface area contributed by atoms with Crippen LogP contribution in [0, 0.1) is 5.92 Å². The third kappa shape index (κ3) is 4.93. The van der Waals surface area contributed by atoms with Gasteiger partial charge in [-0.15, -0.1) is 0 Å². The van der Waals surface area contributed by atoms with Gasteiger partial charge in [-0.25, -0.2) is 9.59 Å². The third-order valence-electron chi connectivity index (χ3n) is 2.78. The minimum atomic E-state index is -0.779. The van der Waals surface area contributed by atoms with Crippen LogP contribution in [0.3, 0.4) is 0 Å². The summed E-state index contributed by atoms with van der Waals surface area (Å²) < 4.78 is 15.0. The van der Waals surface area contributed by atoms with Gasteiger partial charge in [-0.2, -0.15) is 0 Å². The summed E-state index contributed by atoms with van der Waals surface area (Å²) in [5, 5.41) is 0. The maximum Gasteiger partial charge on any atom is 0.514 e. The van der Waals surface area contributed by atoms with Crippen LogP contribution in [-0.2, 0) is 19.0 Å². The van der Waals surface area contributed by atoms with Crippen LogP contribution in [0.1, 0.15) is 47.0 Å². The molecule has 0 aromatic rings. The molecule has 19 heavy (non-hydrogen) atoms. The van der Waals surface area contributed by atoms with Gasteiger partial charge in [0.25, 0.3) is 0 Å². The summed E-state index contributed by atoms with van der Waals surface area (Å²) >= 11 is 0. The molecular weight excluding hydrogens is 248 g/mol. The average molecular weight is 270 g/mol. The summed E-state index contributed by atoms with van der Waals surface area (Å²) in [6.07, 6.45) is 1.20. The first kappa shape index (κ1) is 15.5. The molecule has 1 unspecified atom stereocenters. The Morgan fingerprint density at radius 3 is 2.42 bits per heavy atom. The average Bonchev–Trinajstić information content (AvgIpc) is 2.28.